The van der Waals surface area contributed by atoms with Crippen molar-refractivity contribution in [2.45, 2.75) is 25.3 Å². The highest BCUT2D eigenvalue weighted by Gasteiger charge is 2.29. The van der Waals surface area contributed by atoms with E-state index in [4.69, 9.17) is 0 Å². The van der Waals surface area contributed by atoms with Crippen molar-refractivity contribution in [3.63, 3.8) is 0 Å². The zero-order chi connectivity index (χ0) is 14.9. The van der Waals surface area contributed by atoms with E-state index in [2.05, 4.69) is 4.90 Å². The van der Waals surface area contributed by atoms with Crippen LogP contribution in [-0.2, 0) is 16.6 Å². The average Bonchev–Trinajstić information content (AvgIpc) is 2.42. The molecule has 1 saturated heterocycles. The summed E-state index contributed by atoms with van der Waals surface area (Å²) >= 11 is 0. The average molecular weight is 298 g/mol. The summed E-state index contributed by atoms with van der Waals surface area (Å²) in [5.74, 6) is 0. The molecule has 0 bridgehead atoms. The van der Waals surface area contributed by atoms with Gasteiger partial charge in [-0.3, -0.25) is 0 Å². The van der Waals surface area contributed by atoms with Crippen LogP contribution in [0.25, 0.3) is 0 Å². The first-order valence-electron chi connectivity index (χ1n) is 6.76. The molecule has 0 saturated carbocycles. The molecule has 0 aromatic heterocycles. The summed E-state index contributed by atoms with van der Waals surface area (Å²) in [6.07, 6.45) is 0. The molecule has 0 unspecified atom stereocenters. The maximum absolute atomic E-state index is 12.8. The molecule has 1 aliphatic rings. The molecular formula is C14H22N2O3S. The fraction of sp³-hybridized carbons (Fsp3) is 0.571. The third-order valence-corrected chi connectivity index (χ3v) is 5.97. The second-order valence-corrected chi connectivity index (χ2v) is 7.31. The number of sulfonamides is 1. The van der Waals surface area contributed by atoms with Gasteiger partial charge < -0.3 is 10.0 Å². The molecule has 2 rings (SSSR count). The van der Waals surface area contributed by atoms with E-state index >= 15 is 0 Å². The van der Waals surface area contributed by atoms with Gasteiger partial charge in [-0.1, -0.05) is 6.07 Å². The Hall–Kier alpha value is -0.950. The molecule has 112 valence electrons. The summed E-state index contributed by atoms with van der Waals surface area (Å²) in [5.41, 5.74) is 2.30. The number of aliphatic hydroxyl groups excluding tert-OH is 1. The van der Waals surface area contributed by atoms with E-state index in [-0.39, 0.29) is 6.61 Å². The molecule has 1 fully saturated rings. The van der Waals surface area contributed by atoms with Crippen molar-refractivity contribution >= 4 is 10.0 Å². The van der Waals surface area contributed by atoms with Gasteiger partial charge in [-0.2, -0.15) is 4.31 Å². The normalized spacial score (nSPS) is 18.4. The number of aliphatic hydroxyl groups is 1. The highest BCUT2D eigenvalue weighted by atomic mass is 32.2. The topological polar surface area (TPSA) is 60.9 Å². The molecule has 0 amide bonds. The third kappa shape index (κ3) is 2.88. The lowest BCUT2D eigenvalue weighted by atomic mass is 10.1. The maximum Gasteiger partial charge on any atom is 0.243 e. The summed E-state index contributed by atoms with van der Waals surface area (Å²) in [6, 6.07) is 3.42. The van der Waals surface area contributed by atoms with Crippen molar-refractivity contribution in [1.82, 2.24) is 9.21 Å². The number of piperazine rings is 1. The zero-order valence-electron chi connectivity index (χ0n) is 12.3. The first-order chi connectivity index (χ1) is 9.36. The lowest BCUT2D eigenvalue weighted by molar-refractivity contribution is 0.222. The molecule has 1 heterocycles. The van der Waals surface area contributed by atoms with Gasteiger partial charge in [0.05, 0.1) is 11.5 Å². The van der Waals surface area contributed by atoms with Crippen LogP contribution in [0.1, 0.15) is 16.7 Å². The van der Waals surface area contributed by atoms with Gasteiger partial charge in [-0.25, -0.2) is 8.42 Å². The second-order valence-electron chi connectivity index (χ2n) is 5.40. The Morgan fingerprint density at radius 3 is 2.30 bits per heavy atom. The second kappa shape index (κ2) is 5.81. The number of nitrogens with zero attached hydrogens (tertiary/aromatic N) is 2. The molecule has 0 radical (unpaired) electrons. The van der Waals surface area contributed by atoms with Gasteiger partial charge >= 0.3 is 0 Å². The van der Waals surface area contributed by atoms with Gasteiger partial charge in [-0.05, 0) is 43.7 Å². The van der Waals surface area contributed by atoms with Crippen molar-refractivity contribution in [2.75, 3.05) is 33.2 Å². The largest absolute Gasteiger partial charge is 0.392 e. The van der Waals surface area contributed by atoms with Gasteiger partial charge in [0.1, 0.15) is 0 Å². The minimum absolute atomic E-state index is 0.146. The SMILES string of the molecule is Cc1cc(CO)cc(S(=O)(=O)N2CCN(C)CC2)c1C. The first-order valence-corrected chi connectivity index (χ1v) is 8.20. The van der Waals surface area contributed by atoms with Gasteiger partial charge in [0.15, 0.2) is 0 Å². The van der Waals surface area contributed by atoms with E-state index in [9.17, 15) is 13.5 Å². The predicted molar refractivity (Wildman–Crippen MR) is 78.1 cm³/mol. The summed E-state index contributed by atoms with van der Waals surface area (Å²) < 4.78 is 27.1. The Kier molecular flexibility index (Phi) is 4.49. The van der Waals surface area contributed by atoms with E-state index in [1.165, 1.54) is 4.31 Å². The van der Waals surface area contributed by atoms with E-state index in [0.29, 0.717) is 23.5 Å². The van der Waals surface area contributed by atoms with Crippen molar-refractivity contribution in [1.29, 1.82) is 0 Å². The van der Waals surface area contributed by atoms with Crippen LogP contribution in [0.3, 0.4) is 0 Å². The van der Waals surface area contributed by atoms with Gasteiger partial charge in [0.25, 0.3) is 0 Å². The molecule has 0 aliphatic carbocycles. The van der Waals surface area contributed by atoms with Crippen LogP contribution in [0, 0.1) is 13.8 Å². The Bertz CT molecular complexity index is 591. The molecule has 1 aromatic carbocycles. The maximum atomic E-state index is 12.8. The molecule has 0 atom stereocenters. The number of rotatable bonds is 3. The lowest BCUT2D eigenvalue weighted by Gasteiger charge is -2.32. The van der Waals surface area contributed by atoms with Crippen LogP contribution in [0.5, 0.6) is 0 Å². The first kappa shape index (κ1) is 15.4. The van der Waals surface area contributed by atoms with Crippen LogP contribution >= 0.6 is 0 Å². The monoisotopic (exact) mass is 298 g/mol. The molecule has 20 heavy (non-hydrogen) atoms. The fourth-order valence-electron chi connectivity index (χ4n) is 2.43. The lowest BCUT2D eigenvalue weighted by Crippen LogP contribution is -2.47. The number of hydrogen-bond acceptors (Lipinski definition) is 4. The highest BCUT2D eigenvalue weighted by molar-refractivity contribution is 7.89. The number of benzene rings is 1. The van der Waals surface area contributed by atoms with Crippen LogP contribution in [0.2, 0.25) is 0 Å². The number of likely N-dealkylation sites (N-methyl/N-ethyl adjacent to an activating group) is 1. The number of aryl methyl sites for hydroxylation is 1. The fourth-order valence-corrected chi connectivity index (χ4v) is 4.20. The molecule has 1 aliphatic heterocycles. The molecule has 1 N–H and O–H groups in total. The molecule has 1 aromatic rings. The molecule has 5 nitrogen and oxygen atoms in total. The van der Waals surface area contributed by atoms with Gasteiger partial charge in [0.2, 0.25) is 10.0 Å². The standard InChI is InChI=1S/C14H22N2O3S/c1-11-8-13(10-17)9-14(12(11)2)20(18,19)16-6-4-15(3)5-7-16/h8-9,17H,4-7,10H2,1-3H3. The Morgan fingerprint density at radius 2 is 1.75 bits per heavy atom. The van der Waals surface area contributed by atoms with Crippen molar-refractivity contribution in [2.24, 2.45) is 0 Å². The molecular weight excluding hydrogens is 276 g/mol. The van der Waals surface area contributed by atoms with E-state index in [1.807, 2.05) is 27.0 Å². The quantitative estimate of drug-likeness (QED) is 0.894. The summed E-state index contributed by atoms with van der Waals surface area (Å²) in [7, 11) is -1.48. The van der Waals surface area contributed by atoms with Crippen molar-refractivity contribution < 1.29 is 13.5 Å². The van der Waals surface area contributed by atoms with Gasteiger partial charge in [-0.15, -0.1) is 0 Å². The van der Waals surface area contributed by atoms with Crippen molar-refractivity contribution in [3.8, 4) is 0 Å². The Labute approximate surface area is 120 Å². The minimum atomic E-state index is -3.48. The van der Waals surface area contributed by atoms with E-state index in [1.54, 1.807) is 6.07 Å². The number of hydrogen-bond donors (Lipinski definition) is 1. The van der Waals surface area contributed by atoms with Crippen molar-refractivity contribution in [3.05, 3.63) is 28.8 Å². The predicted octanol–water partition coefficient (Wildman–Crippen LogP) is 0.732. The van der Waals surface area contributed by atoms with Gasteiger partial charge in [0, 0.05) is 26.2 Å². The smallest absolute Gasteiger partial charge is 0.243 e. The minimum Gasteiger partial charge on any atom is -0.392 e. The Balaban J connectivity index is 2.41. The van der Waals surface area contributed by atoms with Crippen LogP contribution in [0.15, 0.2) is 17.0 Å². The third-order valence-electron chi connectivity index (χ3n) is 3.94. The van der Waals surface area contributed by atoms with Crippen LogP contribution in [0.4, 0.5) is 0 Å². The van der Waals surface area contributed by atoms with Crippen LogP contribution < -0.4 is 0 Å². The molecule has 6 heteroatoms. The van der Waals surface area contributed by atoms with E-state index in [0.717, 1.165) is 24.2 Å². The highest BCUT2D eigenvalue weighted by Crippen LogP contribution is 2.25. The van der Waals surface area contributed by atoms with E-state index < -0.39 is 10.0 Å². The zero-order valence-corrected chi connectivity index (χ0v) is 13.1. The summed E-state index contributed by atoms with van der Waals surface area (Å²) in [6.45, 7) is 6.07. The molecule has 0 spiro atoms. The Morgan fingerprint density at radius 1 is 1.15 bits per heavy atom. The summed E-state index contributed by atoms with van der Waals surface area (Å²) in [4.78, 5) is 2.44. The summed E-state index contributed by atoms with van der Waals surface area (Å²) in [5, 5.41) is 9.27. The van der Waals surface area contributed by atoms with Crippen LogP contribution in [-0.4, -0.2) is 56.0 Å².